The molecule has 0 radical (unpaired) electrons. The second-order valence-corrected chi connectivity index (χ2v) is 13.1. The van der Waals surface area contributed by atoms with E-state index in [1.807, 2.05) is 0 Å². The van der Waals surface area contributed by atoms with E-state index in [2.05, 4.69) is 52.6 Å². The van der Waals surface area contributed by atoms with Gasteiger partial charge >= 0.3 is 0 Å². The number of aliphatic hydroxyl groups is 1. The predicted octanol–water partition coefficient (Wildman–Crippen LogP) is 4.81. The van der Waals surface area contributed by atoms with E-state index in [0.717, 1.165) is 32.1 Å². The first-order valence-electron chi connectivity index (χ1n) is 8.29. The summed E-state index contributed by atoms with van der Waals surface area (Å²) in [6.45, 7) is 15.3. The summed E-state index contributed by atoms with van der Waals surface area (Å²) in [4.78, 5) is 0. The summed E-state index contributed by atoms with van der Waals surface area (Å²) in [6.07, 6.45) is 11.3. The van der Waals surface area contributed by atoms with Gasteiger partial charge in [-0.25, -0.2) is 0 Å². The number of hydrogen-bond donors (Lipinski definition) is 1. The van der Waals surface area contributed by atoms with Gasteiger partial charge in [0.25, 0.3) is 0 Å². The van der Waals surface area contributed by atoms with Crippen LogP contribution in [0.4, 0.5) is 0 Å². The minimum atomic E-state index is -1.84. The molecule has 0 heterocycles. The first kappa shape index (κ1) is 17.0. The van der Waals surface area contributed by atoms with E-state index < -0.39 is 13.9 Å². The zero-order valence-electron chi connectivity index (χ0n) is 14.4. The zero-order chi connectivity index (χ0) is 15.9. The lowest BCUT2D eigenvalue weighted by Crippen LogP contribution is -2.57. The van der Waals surface area contributed by atoms with E-state index in [0.29, 0.717) is 0 Å². The van der Waals surface area contributed by atoms with Gasteiger partial charge in [-0.2, -0.15) is 0 Å². The van der Waals surface area contributed by atoms with Crippen LogP contribution in [0.2, 0.25) is 18.1 Å². The Morgan fingerprint density at radius 3 is 2.48 bits per heavy atom. The van der Waals surface area contributed by atoms with Crippen molar-refractivity contribution in [3.05, 3.63) is 24.8 Å². The third-order valence-corrected chi connectivity index (χ3v) is 10.6. The molecule has 120 valence electrons. The minimum absolute atomic E-state index is 0.0988. The fraction of sp³-hybridized carbons (Fsp3) is 0.778. The van der Waals surface area contributed by atoms with Gasteiger partial charge in [0, 0.05) is 5.41 Å². The Hall–Kier alpha value is -0.383. The van der Waals surface area contributed by atoms with Crippen LogP contribution >= 0.6 is 0 Å². The van der Waals surface area contributed by atoms with Gasteiger partial charge in [-0.1, -0.05) is 51.8 Å². The Labute approximate surface area is 131 Å². The van der Waals surface area contributed by atoms with E-state index >= 15 is 0 Å². The summed E-state index contributed by atoms with van der Waals surface area (Å²) in [5.41, 5.74) is -1.08. The van der Waals surface area contributed by atoms with E-state index in [1.54, 1.807) is 6.08 Å². The standard InChI is InChI=1S/C18H32O2Si/c1-7-18(19)14-9-8-12-17(18)13-10-11-15(17)20-21(5,6)16(2,3)4/h7,10,13,15,19H,1,8-9,11-12,14H2,2-6H3/t15-,17-,18-/m1/s1. The van der Waals surface area contributed by atoms with Gasteiger partial charge in [-0.05, 0) is 37.4 Å². The topological polar surface area (TPSA) is 29.5 Å². The second kappa shape index (κ2) is 5.36. The second-order valence-electron chi connectivity index (χ2n) is 8.38. The molecule has 2 aliphatic rings. The molecule has 1 fully saturated rings. The molecular formula is C18H32O2Si. The Bertz CT molecular complexity index is 435. The summed E-state index contributed by atoms with van der Waals surface area (Å²) in [5.74, 6) is 0. The first-order chi connectivity index (χ1) is 9.58. The Kier molecular flexibility index (Phi) is 4.33. The number of hydrogen-bond acceptors (Lipinski definition) is 2. The molecule has 0 bridgehead atoms. The van der Waals surface area contributed by atoms with Crippen molar-refractivity contribution < 1.29 is 9.53 Å². The van der Waals surface area contributed by atoms with Gasteiger partial charge in [0.2, 0.25) is 0 Å². The van der Waals surface area contributed by atoms with E-state index in [9.17, 15) is 5.11 Å². The molecule has 0 unspecified atom stereocenters. The van der Waals surface area contributed by atoms with Crippen LogP contribution in [-0.2, 0) is 4.43 Å². The van der Waals surface area contributed by atoms with Crippen LogP contribution in [0.15, 0.2) is 24.8 Å². The quantitative estimate of drug-likeness (QED) is 0.598. The fourth-order valence-corrected chi connectivity index (χ4v) is 5.00. The molecule has 0 amide bonds. The van der Waals surface area contributed by atoms with E-state index in [1.165, 1.54) is 0 Å². The normalized spacial score (nSPS) is 37.1. The molecule has 0 aromatic rings. The maximum Gasteiger partial charge on any atom is 0.192 e. The first-order valence-corrected chi connectivity index (χ1v) is 11.2. The SMILES string of the molecule is C=C[C@@]1(O)CCCC[C@]12C=CC[C@H]2O[Si](C)(C)C(C)(C)C. The molecule has 1 saturated carbocycles. The smallest absolute Gasteiger partial charge is 0.192 e. The summed E-state index contributed by atoms with van der Waals surface area (Å²) >= 11 is 0. The molecule has 2 rings (SSSR count). The van der Waals surface area contributed by atoms with Crippen molar-refractivity contribution in [3.8, 4) is 0 Å². The van der Waals surface area contributed by atoms with Gasteiger partial charge in [-0.3, -0.25) is 0 Å². The highest BCUT2D eigenvalue weighted by Crippen LogP contribution is 2.54. The lowest BCUT2D eigenvalue weighted by molar-refractivity contribution is -0.0998. The fourth-order valence-electron chi connectivity index (χ4n) is 3.63. The molecule has 2 aliphatic carbocycles. The zero-order valence-corrected chi connectivity index (χ0v) is 15.4. The molecule has 0 aromatic carbocycles. The van der Waals surface area contributed by atoms with Crippen molar-refractivity contribution in [1.82, 2.24) is 0 Å². The van der Waals surface area contributed by atoms with Gasteiger partial charge in [-0.15, -0.1) is 6.58 Å². The average Bonchev–Trinajstić information content (AvgIpc) is 2.76. The summed E-state index contributed by atoms with van der Waals surface area (Å²) < 4.78 is 6.72. The minimum Gasteiger partial charge on any atom is -0.413 e. The molecular weight excluding hydrogens is 276 g/mol. The molecule has 3 heteroatoms. The maximum absolute atomic E-state index is 11.2. The van der Waals surface area contributed by atoms with Gasteiger partial charge in [0.1, 0.15) is 0 Å². The van der Waals surface area contributed by atoms with Crippen molar-refractivity contribution >= 4 is 8.32 Å². The Morgan fingerprint density at radius 1 is 1.29 bits per heavy atom. The molecule has 21 heavy (non-hydrogen) atoms. The van der Waals surface area contributed by atoms with E-state index in [-0.39, 0.29) is 16.6 Å². The van der Waals surface area contributed by atoms with Crippen LogP contribution in [0, 0.1) is 5.41 Å². The predicted molar refractivity (Wildman–Crippen MR) is 91.9 cm³/mol. The maximum atomic E-state index is 11.2. The van der Waals surface area contributed by atoms with Crippen molar-refractivity contribution in [2.75, 3.05) is 0 Å². The van der Waals surface area contributed by atoms with Crippen LogP contribution in [0.1, 0.15) is 52.9 Å². The lowest BCUT2D eigenvalue weighted by atomic mass is 9.61. The molecule has 0 aromatic heterocycles. The summed E-state index contributed by atoms with van der Waals surface area (Å²) in [5, 5.41) is 11.4. The largest absolute Gasteiger partial charge is 0.413 e. The summed E-state index contributed by atoms with van der Waals surface area (Å²) in [6, 6.07) is 0. The third-order valence-electron chi connectivity index (χ3n) is 6.13. The highest BCUT2D eigenvalue weighted by molar-refractivity contribution is 6.74. The molecule has 1 spiro atoms. The van der Waals surface area contributed by atoms with Gasteiger partial charge < -0.3 is 9.53 Å². The van der Waals surface area contributed by atoms with E-state index in [4.69, 9.17) is 4.43 Å². The third kappa shape index (κ3) is 2.69. The van der Waals surface area contributed by atoms with Crippen molar-refractivity contribution in [1.29, 1.82) is 0 Å². The van der Waals surface area contributed by atoms with Crippen LogP contribution in [0.25, 0.3) is 0 Å². The molecule has 0 aliphatic heterocycles. The van der Waals surface area contributed by atoms with Crippen LogP contribution < -0.4 is 0 Å². The Balaban J connectivity index is 2.31. The van der Waals surface area contributed by atoms with Crippen LogP contribution in [0.5, 0.6) is 0 Å². The van der Waals surface area contributed by atoms with Gasteiger partial charge in [0.05, 0.1) is 11.7 Å². The highest BCUT2D eigenvalue weighted by atomic mass is 28.4. The van der Waals surface area contributed by atoms with Crippen LogP contribution in [-0.4, -0.2) is 25.1 Å². The number of rotatable bonds is 3. The highest BCUT2D eigenvalue weighted by Gasteiger charge is 2.56. The Morgan fingerprint density at radius 2 is 1.90 bits per heavy atom. The van der Waals surface area contributed by atoms with Gasteiger partial charge in [0.15, 0.2) is 8.32 Å². The molecule has 0 saturated heterocycles. The monoisotopic (exact) mass is 308 g/mol. The average molecular weight is 309 g/mol. The summed E-state index contributed by atoms with van der Waals surface area (Å²) in [7, 11) is -1.84. The van der Waals surface area contributed by atoms with Crippen molar-refractivity contribution in [2.24, 2.45) is 5.41 Å². The van der Waals surface area contributed by atoms with Crippen molar-refractivity contribution in [3.63, 3.8) is 0 Å². The molecule has 3 atom stereocenters. The van der Waals surface area contributed by atoms with Crippen molar-refractivity contribution in [2.45, 2.75) is 82.7 Å². The van der Waals surface area contributed by atoms with Crippen LogP contribution in [0.3, 0.4) is 0 Å². The lowest BCUT2D eigenvalue weighted by Gasteiger charge is -2.52. The molecule has 2 nitrogen and oxygen atoms in total. The molecule has 1 N–H and O–H groups in total.